The number of carbonyl (C=O) groups excluding carboxylic acids is 2. The lowest BCUT2D eigenvalue weighted by molar-refractivity contribution is 0.0659. The van der Waals surface area contributed by atoms with E-state index in [-0.39, 0.29) is 23.6 Å². The number of amides is 2. The Balaban J connectivity index is 1.34. The SMILES string of the molecule is COCCN(C)CCn1c(-c2cc(Cl)ccc2C(=O)N2Cc3ccccc3C[C@H]2C)cc(C(=O)N(c2ccc(O)cc2)c2cnc3c(c2)CCN3C)c1C. The van der Waals surface area contributed by atoms with E-state index in [1.54, 1.807) is 48.5 Å². The number of fused-ring (bicyclic) bond motifs is 2. The van der Waals surface area contributed by atoms with E-state index in [0.717, 1.165) is 54.3 Å². The van der Waals surface area contributed by atoms with Crippen LogP contribution in [0.15, 0.2) is 85.1 Å². The van der Waals surface area contributed by atoms with Gasteiger partial charge in [0.05, 0.1) is 24.1 Å². The largest absolute Gasteiger partial charge is 0.508 e. The first-order valence-corrected chi connectivity index (χ1v) is 18.8. The first-order valence-electron chi connectivity index (χ1n) is 18.4. The minimum Gasteiger partial charge on any atom is -0.508 e. The van der Waals surface area contributed by atoms with Crippen LogP contribution < -0.4 is 9.80 Å². The second-order valence-corrected chi connectivity index (χ2v) is 14.9. The van der Waals surface area contributed by atoms with Crippen LogP contribution in [0.2, 0.25) is 5.02 Å². The molecule has 11 heteroatoms. The molecule has 0 radical (unpaired) electrons. The van der Waals surface area contributed by atoms with Crippen LogP contribution >= 0.6 is 11.6 Å². The van der Waals surface area contributed by atoms with Gasteiger partial charge in [0.25, 0.3) is 11.8 Å². The lowest BCUT2D eigenvalue weighted by Gasteiger charge is -2.35. The number of pyridine rings is 1. The molecule has 0 saturated heterocycles. The fourth-order valence-corrected chi connectivity index (χ4v) is 7.84. The van der Waals surface area contributed by atoms with Crippen molar-refractivity contribution in [2.45, 2.75) is 45.8 Å². The van der Waals surface area contributed by atoms with Crippen LogP contribution in [0.25, 0.3) is 11.3 Å². The van der Waals surface area contributed by atoms with Gasteiger partial charge in [-0.15, -0.1) is 0 Å². The Bertz CT molecular complexity index is 2180. The molecule has 0 aliphatic carbocycles. The molecule has 4 heterocycles. The van der Waals surface area contributed by atoms with Crippen molar-refractivity contribution in [3.63, 3.8) is 0 Å². The van der Waals surface area contributed by atoms with Crippen LogP contribution in [0.5, 0.6) is 5.75 Å². The molecule has 2 amide bonds. The number of rotatable bonds is 11. The number of halogens is 1. The van der Waals surface area contributed by atoms with Gasteiger partial charge < -0.3 is 29.1 Å². The molecule has 0 fully saturated rings. The summed E-state index contributed by atoms with van der Waals surface area (Å²) in [6.45, 7) is 7.96. The second kappa shape index (κ2) is 15.7. The first-order chi connectivity index (χ1) is 26.0. The summed E-state index contributed by atoms with van der Waals surface area (Å²) >= 11 is 6.72. The van der Waals surface area contributed by atoms with Gasteiger partial charge in [-0.05, 0) is 105 Å². The van der Waals surface area contributed by atoms with Gasteiger partial charge in [0.2, 0.25) is 0 Å². The number of aromatic hydroxyl groups is 1. The van der Waals surface area contributed by atoms with Gasteiger partial charge in [-0.2, -0.15) is 0 Å². The van der Waals surface area contributed by atoms with Crippen LogP contribution in [-0.4, -0.2) is 89.8 Å². The Morgan fingerprint density at radius 1 is 0.963 bits per heavy atom. The van der Waals surface area contributed by atoms with Crippen LogP contribution in [0.4, 0.5) is 17.2 Å². The number of anilines is 3. The molecule has 7 rings (SSSR count). The standard InChI is InChI=1S/C43H47ClN6O4/c1-28-22-30-8-6-7-9-32(30)27-49(28)42(52)37-15-10-33(44)24-39(37)40-25-38(29(2)48(40)19-18-46(3)20-21-54-5)43(53)50(34-11-13-36(51)14-12-34)35-23-31-16-17-47(4)41(31)45-26-35/h6-15,23-26,28,51H,16-22,27H2,1-5H3/t28-/m1/s1. The Hall–Kier alpha value is -5.16. The van der Waals surface area contributed by atoms with Crippen molar-refractivity contribution in [1.29, 1.82) is 0 Å². The highest BCUT2D eigenvalue weighted by Gasteiger charge is 2.32. The quantitative estimate of drug-likeness (QED) is 0.151. The van der Waals surface area contributed by atoms with Crippen molar-refractivity contribution < 1.29 is 19.4 Å². The van der Waals surface area contributed by atoms with Crippen molar-refractivity contribution in [2.24, 2.45) is 0 Å². The van der Waals surface area contributed by atoms with Crippen LogP contribution in [0.3, 0.4) is 0 Å². The van der Waals surface area contributed by atoms with Crippen molar-refractivity contribution >= 4 is 40.6 Å². The zero-order valence-electron chi connectivity index (χ0n) is 31.6. The molecule has 5 aromatic rings. The van der Waals surface area contributed by atoms with Crippen LogP contribution in [0.1, 0.15) is 50.0 Å². The number of benzene rings is 3. The Morgan fingerprint density at radius 2 is 1.72 bits per heavy atom. The maximum absolute atomic E-state index is 15.1. The lowest BCUT2D eigenvalue weighted by Crippen LogP contribution is -2.42. The van der Waals surface area contributed by atoms with E-state index in [2.05, 4.69) is 33.4 Å². The minimum absolute atomic E-state index is 0.00407. The van der Waals surface area contributed by atoms with Crippen molar-refractivity contribution in [2.75, 3.05) is 57.2 Å². The number of hydrogen-bond acceptors (Lipinski definition) is 7. The predicted octanol–water partition coefficient (Wildman–Crippen LogP) is 7.35. The first kappa shape index (κ1) is 37.2. The number of nitrogens with zero attached hydrogens (tertiary/aromatic N) is 6. The molecule has 3 aromatic carbocycles. The maximum atomic E-state index is 15.1. The molecule has 2 aliphatic rings. The van der Waals surface area contributed by atoms with E-state index in [4.69, 9.17) is 21.3 Å². The normalized spacial score (nSPS) is 15.1. The molecular formula is C43H47ClN6O4. The highest BCUT2D eigenvalue weighted by molar-refractivity contribution is 6.31. The molecule has 0 bridgehead atoms. The van der Waals surface area contributed by atoms with E-state index in [1.807, 2.05) is 62.3 Å². The monoisotopic (exact) mass is 746 g/mol. The highest BCUT2D eigenvalue weighted by Crippen LogP contribution is 2.37. The molecule has 54 heavy (non-hydrogen) atoms. The summed E-state index contributed by atoms with van der Waals surface area (Å²) < 4.78 is 7.46. The van der Waals surface area contributed by atoms with Crippen LogP contribution in [0, 0.1) is 6.92 Å². The summed E-state index contributed by atoms with van der Waals surface area (Å²) in [5.41, 5.74) is 7.86. The van der Waals surface area contributed by atoms with E-state index in [0.29, 0.717) is 59.3 Å². The van der Waals surface area contributed by atoms with E-state index in [9.17, 15) is 9.90 Å². The Morgan fingerprint density at radius 3 is 2.48 bits per heavy atom. The Labute approximate surface area is 322 Å². The van der Waals surface area contributed by atoms with Crippen molar-refractivity contribution in [3.8, 4) is 17.0 Å². The topological polar surface area (TPSA) is 94.4 Å². The summed E-state index contributed by atoms with van der Waals surface area (Å²) in [6, 6.07) is 24.2. The van der Waals surface area contributed by atoms with E-state index in [1.165, 1.54) is 5.56 Å². The molecule has 2 aliphatic heterocycles. The number of methoxy groups -OCH3 is 1. The lowest BCUT2D eigenvalue weighted by atomic mass is 9.93. The van der Waals surface area contributed by atoms with E-state index < -0.39 is 0 Å². The smallest absolute Gasteiger partial charge is 0.264 e. The number of likely N-dealkylation sites (N-methyl/N-ethyl adjacent to an activating group) is 2. The predicted molar refractivity (Wildman–Crippen MR) is 214 cm³/mol. The minimum atomic E-state index is -0.254. The molecule has 2 aromatic heterocycles. The van der Waals surface area contributed by atoms with E-state index >= 15 is 4.79 Å². The third kappa shape index (κ3) is 7.33. The fourth-order valence-electron chi connectivity index (χ4n) is 7.66. The molecule has 280 valence electrons. The molecule has 0 saturated carbocycles. The van der Waals surface area contributed by atoms with Gasteiger partial charge in [-0.1, -0.05) is 35.9 Å². The van der Waals surface area contributed by atoms with Gasteiger partial charge in [-0.25, -0.2) is 4.98 Å². The third-order valence-electron chi connectivity index (χ3n) is 10.8. The molecule has 10 nitrogen and oxygen atoms in total. The van der Waals surface area contributed by atoms with Gasteiger partial charge in [0.15, 0.2) is 0 Å². The summed E-state index contributed by atoms with van der Waals surface area (Å²) in [4.78, 5) is 42.3. The highest BCUT2D eigenvalue weighted by atomic mass is 35.5. The number of aromatic nitrogens is 2. The van der Waals surface area contributed by atoms with Gasteiger partial charge >= 0.3 is 0 Å². The molecule has 0 spiro atoms. The summed E-state index contributed by atoms with van der Waals surface area (Å²) in [6.07, 6.45) is 3.33. The van der Waals surface area contributed by atoms with Crippen molar-refractivity contribution in [3.05, 3.63) is 124 Å². The van der Waals surface area contributed by atoms with Gasteiger partial charge in [0, 0.05) is 86.1 Å². The van der Waals surface area contributed by atoms with Gasteiger partial charge in [0.1, 0.15) is 11.6 Å². The summed E-state index contributed by atoms with van der Waals surface area (Å²) in [5.74, 6) is 0.671. The number of carbonyl (C=O) groups is 2. The molecule has 1 N–H and O–H groups in total. The number of hydrogen-bond donors (Lipinski definition) is 1. The zero-order valence-corrected chi connectivity index (χ0v) is 32.3. The average Bonchev–Trinajstić information content (AvgIpc) is 3.71. The zero-order chi connectivity index (χ0) is 38.1. The summed E-state index contributed by atoms with van der Waals surface area (Å²) in [5, 5.41) is 10.7. The van der Waals surface area contributed by atoms with Crippen LogP contribution in [-0.2, 0) is 30.7 Å². The number of ether oxygens (including phenoxy) is 1. The number of phenols is 1. The molecular weight excluding hydrogens is 700 g/mol. The molecule has 1 atom stereocenters. The second-order valence-electron chi connectivity index (χ2n) is 14.4. The fraction of sp³-hybridized carbons (Fsp3) is 0.326. The number of phenolic OH excluding ortho intramolecular Hbond substituents is 1. The molecule has 0 unspecified atom stereocenters. The Kier molecular flexibility index (Phi) is 10.8. The average molecular weight is 747 g/mol. The maximum Gasteiger partial charge on any atom is 0.264 e. The summed E-state index contributed by atoms with van der Waals surface area (Å²) in [7, 11) is 5.74. The van der Waals surface area contributed by atoms with Crippen molar-refractivity contribution in [1.82, 2.24) is 19.4 Å². The third-order valence-corrected chi connectivity index (χ3v) is 11.0. The van der Waals surface area contributed by atoms with Gasteiger partial charge in [-0.3, -0.25) is 14.5 Å².